The van der Waals surface area contributed by atoms with E-state index >= 15 is 0 Å². The first-order valence-electron chi connectivity index (χ1n) is 9.89. The molecule has 4 aromatic rings. The van der Waals surface area contributed by atoms with Crippen molar-refractivity contribution in [3.05, 3.63) is 52.6 Å². The Balaban J connectivity index is 0.00000259. The number of nitrogens with zero attached hydrogens (tertiary/aromatic N) is 4. The van der Waals surface area contributed by atoms with E-state index in [0.29, 0.717) is 11.2 Å². The minimum absolute atomic E-state index is 0. The number of H-pyrrole nitrogens is 1. The second-order valence-corrected chi connectivity index (χ2v) is 7.40. The molecule has 1 aliphatic rings. The normalized spacial score (nSPS) is 14.9. The molecule has 0 atom stereocenters. The molecule has 0 spiro atoms. The summed E-state index contributed by atoms with van der Waals surface area (Å²) in [6, 6.07) is 6.81. The largest absolute Gasteiger partial charge is 0.573 e. The predicted octanol–water partition coefficient (Wildman–Crippen LogP) is 3.53. The van der Waals surface area contributed by atoms with Gasteiger partial charge in [0.1, 0.15) is 17.0 Å². The molecule has 0 unspecified atom stereocenters. The third kappa shape index (κ3) is 4.71. The van der Waals surface area contributed by atoms with Crippen LogP contribution >= 0.6 is 12.4 Å². The third-order valence-electron chi connectivity index (χ3n) is 5.27. The average Bonchev–Trinajstić information content (AvgIpc) is 3.40. The van der Waals surface area contributed by atoms with Crippen LogP contribution < -0.4 is 15.6 Å². The van der Waals surface area contributed by atoms with Crippen molar-refractivity contribution in [3.63, 3.8) is 0 Å². The monoisotopic (exact) mass is 482 g/mol. The van der Waals surface area contributed by atoms with Crippen molar-refractivity contribution in [2.45, 2.75) is 25.1 Å². The Morgan fingerprint density at radius 3 is 2.73 bits per heavy atom. The number of ether oxygens (including phenoxy) is 1. The summed E-state index contributed by atoms with van der Waals surface area (Å²) in [5.74, 6) is -0.0595. The average molecular weight is 483 g/mol. The van der Waals surface area contributed by atoms with Crippen molar-refractivity contribution < 1.29 is 22.4 Å². The number of hydrogen-bond donors (Lipinski definition) is 2. The third-order valence-corrected chi connectivity index (χ3v) is 5.27. The van der Waals surface area contributed by atoms with Crippen LogP contribution in [0.4, 0.5) is 13.2 Å². The molecule has 1 fully saturated rings. The number of nitrogens with one attached hydrogen (secondary N) is 2. The van der Waals surface area contributed by atoms with Crippen molar-refractivity contribution in [2.24, 2.45) is 0 Å². The van der Waals surface area contributed by atoms with E-state index in [9.17, 15) is 18.0 Å². The molecule has 3 aromatic heterocycles. The highest BCUT2D eigenvalue weighted by Gasteiger charge is 2.31. The lowest BCUT2D eigenvalue weighted by Gasteiger charge is -2.23. The number of benzene rings is 1. The first-order chi connectivity index (χ1) is 15.4. The number of alkyl halides is 3. The van der Waals surface area contributed by atoms with Crippen molar-refractivity contribution in [2.75, 3.05) is 13.1 Å². The second kappa shape index (κ2) is 8.87. The van der Waals surface area contributed by atoms with Crippen LogP contribution in [0.5, 0.6) is 5.75 Å². The summed E-state index contributed by atoms with van der Waals surface area (Å²) in [4.78, 5) is 19.4. The second-order valence-electron chi connectivity index (χ2n) is 7.40. The van der Waals surface area contributed by atoms with Crippen LogP contribution in [0.25, 0.3) is 28.5 Å². The molecule has 1 aliphatic heterocycles. The van der Waals surface area contributed by atoms with Crippen molar-refractivity contribution in [3.8, 4) is 28.6 Å². The van der Waals surface area contributed by atoms with E-state index in [-0.39, 0.29) is 41.2 Å². The van der Waals surface area contributed by atoms with Gasteiger partial charge in [0.2, 0.25) is 5.82 Å². The zero-order chi connectivity index (χ0) is 22.3. The zero-order valence-corrected chi connectivity index (χ0v) is 17.7. The Morgan fingerprint density at radius 1 is 1.18 bits per heavy atom. The quantitative estimate of drug-likeness (QED) is 0.458. The maximum absolute atomic E-state index is 12.5. The van der Waals surface area contributed by atoms with Gasteiger partial charge < -0.3 is 19.6 Å². The van der Waals surface area contributed by atoms with Crippen molar-refractivity contribution in [1.82, 2.24) is 30.1 Å². The van der Waals surface area contributed by atoms with Gasteiger partial charge >= 0.3 is 6.36 Å². The molecular weight excluding hydrogens is 465 g/mol. The highest BCUT2D eigenvalue weighted by Crippen LogP contribution is 2.30. The summed E-state index contributed by atoms with van der Waals surface area (Å²) in [5.41, 5.74) is 1.63. The van der Waals surface area contributed by atoms with Gasteiger partial charge in [-0.15, -0.1) is 25.6 Å². The number of halogens is 4. The summed E-state index contributed by atoms with van der Waals surface area (Å²) < 4.78 is 48.4. The number of fused-ring (bicyclic) bond motifs is 1. The van der Waals surface area contributed by atoms with Gasteiger partial charge in [0.05, 0.1) is 11.9 Å². The molecule has 13 heteroatoms. The Bertz CT molecular complexity index is 1330. The van der Waals surface area contributed by atoms with E-state index in [2.05, 4.69) is 30.3 Å². The SMILES string of the molecule is Cl.O=c1cc(C2CCNCC2)n2ncc(-c3nc(-c4cccc(OC(F)(F)F)c4)no3)c2[nH]1. The molecule has 0 aliphatic carbocycles. The molecule has 33 heavy (non-hydrogen) atoms. The predicted molar refractivity (Wildman–Crippen MR) is 113 cm³/mol. The standard InChI is InChI=1S/C20H17F3N6O3.ClH/c21-20(22,23)31-13-3-1-2-12(8-13)17-27-19(32-28-17)14-10-25-29-15(9-16(30)26-18(14)29)11-4-6-24-7-5-11;/h1-3,8-11,24H,4-7H2,(H,26,30);1H. The fourth-order valence-corrected chi connectivity index (χ4v) is 3.86. The van der Waals surface area contributed by atoms with Crippen LogP contribution in [-0.2, 0) is 0 Å². The molecule has 0 bridgehead atoms. The molecular formula is C20H18ClF3N6O3. The van der Waals surface area contributed by atoms with E-state index in [4.69, 9.17) is 4.52 Å². The molecule has 0 amide bonds. The van der Waals surface area contributed by atoms with Gasteiger partial charge in [0.25, 0.3) is 11.4 Å². The summed E-state index contributed by atoms with van der Waals surface area (Å²) in [5, 5.41) is 11.6. The molecule has 174 valence electrons. The maximum Gasteiger partial charge on any atom is 0.573 e. The molecule has 5 rings (SSSR count). The summed E-state index contributed by atoms with van der Waals surface area (Å²) >= 11 is 0. The Labute approximate surface area is 190 Å². The summed E-state index contributed by atoms with van der Waals surface area (Å²) in [7, 11) is 0. The van der Waals surface area contributed by atoms with E-state index in [1.807, 2.05) is 0 Å². The molecule has 4 heterocycles. The molecule has 1 saturated heterocycles. The molecule has 1 aromatic carbocycles. The zero-order valence-electron chi connectivity index (χ0n) is 16.9. The Hall–Kier alpha value is -3.38. The van der Waals surface area contributed by atoms with E-state index in [0.717, 1.165) is 37.7 Å². The lowest BCUT2D eigenvalue weighted by Crippen LogP contribution is -2.28. The highest BCUT2D eigenvalue weighted by molar-refractivity contribution is 5.85. The topological polar surface area (TPSA) is 110 Å². The van der Waals surface area contributed by atoms with Crippen LogP contribution in [-0.4, -0.2) is 44.2 Å². The summed E-state index contributed by atoms with van der Waals surface area (Å²) in [6.45, 7) is 1.72. The smallest absolute Gasteiger partial charge is 0.406 e. The number of rotatable bonds is 4. The lowest BCUT2D eigenvalue weighted by molar-refractivity contribution is -0.274. The van der Waals surface area contributed by atoms with Gasteiger partial charge in [-0.25, -0.2) is 4.52 Å². The van der Waals surface area contributed by atoms with Gasteiger partial charge in [-0.3, -0.25) is 4.79 Å². The van der Waals surface area contributed by atoms with Crippen LogP contribution in [0.3, 0.4) is 0 Å². The van der Waals surface area contributed by atoms with Gasteiger partial charge in [-0.1, -0.05) is 17.3 Å². The van der Waals surface area contributed by atoms with E-state index in [1.54, 1.807) is 10.6 Å². The molecule has 0 radical (unpaired) electrons. The Kier molecular flexibility index (Phi) is 6.13. The molecule has 0 saturated carbocycles. The van der Waals surface area contributed by atoms with Crippen molar-refractivity contribution in [1.29, 1.82) is 0 Å². The van der Waals surface area contributed by atoms with Gasteiger partial charge in [-0.05, 0) is 38.1 Å². The number of aromatic nitrogens is 5. The van der Waals surface area contributed by atoms with E-state index in [1.165, 1.54) is 24.4 Å². The van der Waals surface area contributed by atoms with Gasteiger partial charge in [0, 0.05) is 17.5 Å². The lowest BCUT2D eigenvalue weighted by atomic mass is 9.94. The minimum Gasteiger partial charge on any atom is -0.406 e. The first-order valence-corrected chi connectivity index (χ1v) is 9.89. The highest BCUT2D eigenvalue weighted by atomic mass is 35.5. The summed E-state index contributed by atoms with van der Waals surface area (Å²) in [6.07, 6.45) is -1.53. The maximum atomic E-state index is 12.5. The first kappa shape index (κ1) is 22.8. The van der Waals surface area contributed by atoms with Crippen molar-refractivity contribution >= 4 is 18.1 Å². The van der Waals surface area contributed by atoms with Crippen LogP contribution in [0, 0.1) is 0 Å². The molecule has 9 nitrogen and oxygen atoms in total. The van der Waals surface area contributed by atoms with Crippen LogP contribution in [0.15, 0.2) is 45.8 Å². The number of piperidine rings is 1. The fourth-order valence-electron chi connectivity index (χ4n) is 3.86. The van der Waals surface area contributed by atoms with Crippen LogP contribution in [0.2, 0.25) is 0 Å². The minimum atomic E-state index is -4.81. The van der Waals surface area contributed by atoms with Crippen LogP contribution in [0.1, 0.15) is 24.5 Å². The number of aromatic amines is 1. The fraction of sp³-hybridized carbons (Fsp3) is 0.300. The molecule has 2 N–H and O–H groups in total. The number of hydrogen-bond acceptors (Lipinski definition) is 7. The Morgan fingerprint density at radius 2 is 1.97 bits per heavy atom. The van der Waals surface area contributed by atoms with Gasteiger partial charge in [-0.2, -0.15) is 10.1 Å². The van der Waals surface area contributed by atoms with E-state index < -0.39 is 12.1 Å². The van der Waals surface area contributed by atoms with Gasteiger partial charge in [0.15, 0.2) is 0 Å².